The van der Waals surface area contributed by atoms with Crippen LogP contribution in [0.2, 0.25) is 0 Å². The van der Waals surface area contributed by atoms with Crippen LogP contribution in [-0.2, 0) is 4.79 Å². The number of terminal acetylenes is 1. The summed E-state index contributed by atoms with van der Waals surface area (Å²) < 4.78 is 0.631. The van der Waals surface area contributed by atoms with Crippen molar-refractivity contribution in [1.29, 1.82) is 0 Å². The minimum absolute atomic E-state index is 0. The summed E-state index contributed by atoms with van der Waals surface area (Å²) in [6.07, 6.45) is 5.46. The molecule has 0 atom stereocenters. The van der Waals surface area contributed by atoms with E-state index < -0.39 is 0 Å². The highest BCUT2D eigenvalue weighted by Gasteiger charge is 2.26. The van der Waals surface area contributed by atoms with Crippen LogP contribution in [0, 0.1) is 33.1 Å². The van der Waals surface area contributed by atoms with E-state index in [2.05, 4.69) is 44.1 Å². The Morgan fingerprint density at radius 1 is 1.18 bits per heavy atom. The Bertz CT molecular complexity index is 534. The molecule has 0 fully saturated rings. The number of amides is 1. The maximum absolute atomic E-state index is 12.4. The Balaban J connectivity index is 0.00000441. The van der Waals surface area contributed by atoms with Gasteiger partial charge in [-0.2, -0.15) is 0 Å². The van der Waals surface area contributed by atoms with Gasteiger partial charge in [0.1, 0.15) is 6.54 Å². The summed E-state index contributed by atoms with van der Waals surface area (Å²) in [5, 5.41) is 3.06. The van der Waals surface area contributed by atoms with Gasteiger partial charge >= 0.3 is 0 Å². The lowest BCUT2D eigenvalue weighted by molar-refractivity contribution is -0.910. The Morgan fingerprint density at radius 3 is 2.09 bits per heavy atom. The summed E-state index contributed by atoms with van der Waals surface area (Å²) in [7, 11) is 0. The molecular weight excluding hydrogens is 296 g/mol. The topological polar surface area (TPSA) is 29.1 Å². The molecule has 1 aromatic carbocycles. The molecule has 0 spiro atoms. The maximum atomic E-state index is 12.4. The van der Waals surface area contributed by atoms with E-state index in [-0.39, 0.29) is 18.3 Å². The predicted molar refractivity (Wildman–Crippen MR) is 89.2 cm³/mol. The number of rotatable bonds is 6. The molecule has 3 nitrogen and oxygen atoms in total. The molecule has 0 radical (unpaired) electrons. The smallest absolute Gasteiger partial charge is 0.279 e. The van der Waals surface area contributed by atoms with Gasteiger partial charge in [-0.3, -0.25) is 4.79 Å². The molecule has 0 aromatic heterocycles. The Kier molecular flexibility index (Phi) is 8.22. The van der Waals surface area contributed by atoms with Crippen molar-refractivity contribution in [1.82, 2.24) is 0 Å². The van der Waals surface area contributed by atoms with Gasteiger partial charge in [-0.05, 0) is 51.7 Å². The minimum atomic E-state index is 0. The Hall–Kier alpha value is -1.50. The number of aryl methyl sites for hydroxylation is 3. The van der Waals surface area contributed by atoms with Crippen molar-refractivity contribution in [2.75, 3.05) is 31.5 Å². The lowest BCUT2D eigenvalue weighted by Crippen LogP contribution is -3.00. The van der Waals surface area contributed by atoms with Crippen LogP contribution in [0.3, 0.4) is 0 Å². The first-order valence-electron chi connectivity index (χ1n) is 7.53. The number of hydrogen-bond acceptors (Lipinski definition) is 1. The fraction of sp³-hybridized carbons (Fsp3) is 0.500. The molecule has 22 heavy (non-hydrogen) atoms. The van der Waals surface area contributed by atoms with Crippen molar-refractivity contribution in [2.45, 2.75) is 34.6 Å². The van der Waals surface area contributed by atoms with Crippen molar-refractivity contribution in [3.05, 3.63) is 28.8 Å². The van der Waals surface area contributed by atoms with Crippen LogP contribution in [0.25, 0.3) is 0 Å². The van der Waals surface area contributed by atoms with E-state index in [1.807, 2.05) is 13.8 Å². The van der Waals surface area contributed by atoms with Crippen LogP contribution < -0.4 is 17.7 Å². The molecule has 0 aliphatic carbocycles. The number of hydrogen-bond donors (Lipinski definition) is 1. The molecular formula is C18H27ClN2O. The standard InChI is InChI=1S/C18H26N2O.ClH/c1-7-10-20(8-2,9-3)13-17(21)19-18-15(5)11-14(4)12-16(18)6;/h1,11-12H,8-10,13H2,2-6H3;1H. The summed E-state index contributed by atoms with van der Waals surface area (Å²) in [5.41, 5.74) is 4.34. The van der Waals surface area contributed by atoms with Crippen molar-refractivity contribution in [2.24, 2.45) is 0 Å². The van der Waals surface area contributed by atoms with Crippen LogP contribution in [0.5, 0.6) is 0 Å². The molecule has 1 N–H and O–H groups in total. The molecule has 0 saturated heterocycles. The SMILES string of the molecule is C#CC[N+](CC)(CC)CC(=O)Nc1c(C)cc(C)cc1C.[Cl-]. The highest BCUT2D eigenvalue weighted by molar-refractivity contribution is 5.93. The zero-order valence-corrected chi connectivity index (χ0v) is 15.0. The molecule has 0 aliphatic rings. The van der Waals surface area contributed by atoms with Gasteiger partial charge in [0.05, 0.1) is 13.1 Å². The fourth-order valence-electron chi connectivity index (χ4n) is 2.78. The van der Waals surface area contributed by atoms with Gasteiger partial charge in [0, 0.05) is 5.69 Å². The number of nitrogens with zero attached hydrogens (tertiary/aromatic N) is 1. The molecule has 0 heterocycles. The van der Waals surface area contributed by atoms with Gasteiger partial charge in [0.15, 0.2) is 6.54 Å². The van der Waals surface area contributed by atoms with Crippen molar-refractivity contribution < 1.29 is 21.7 Å². The van der Waals surface area contributed by atoms with E-state index in [9.17, 15) is 4.79 Å². The number of quaternary nitrogens is 1. The fourth-order valence-corrected chi connectivity index (χ4v) is 2.78. The third-order valence-corrected chi connectivity index (χ3v) is 4.19. The summed E-state index contributed by atoms with van der Waals surface area (Å²) in [5.74, 6) is 2.73. The first-order chi connectivity index (χ1) is 9.87. The monoisotopic (exact) mass is 322 g/mol. The molecule has 0 aliphatic heterocycles. The number of halogens is 1. The van der Waals surface area contributed by atoms with E-state index in [0.29, 0.717) is 17.6 Å². The molecule has 1 amide bonds. The second-order valence-corrected chi connectivity index (χ2v) is 5.82. The zero-order chi connectivity index (χ0) is 16.0. The molecule has 4 heteroatoms. The molecule has 0 bridgehead atoms. The molecule has 122 valence electrons. The third-order valence-electron chi connectivity index (χ3n) is 4.19. The number of carbonyl (C=O) groups excluding carboxylic acids is 1. The Labute approximate surface area is 141 Å². The Morgan fingerprint density at radius 2 is 1.68 bits per heavy atom. The summed E-state index contributed by atoms with van der Waals surface area (Å²) in [6.45, 7) is 13.0. The highest BCUT2D eigenvalue weighted by atomic mass is 35.5. The zero-order valence-electron chi connectivity index (χ0n) is 14.3. The number of likely N-dealkylation sites (N-methyl/N-ethyl adjacent to an activating group) is 1. The van der Waals surface area contributed by atoms with Crippen molar-refractivity contribution >= 4 is 11.6 Å². The van der Waals surface area contributed by atoms with Gasteiger partial charge in [0.25, 0.3) is 5.91 Å². The van der Waals surface area contributed by atoms with Gasteiger partial charge < -0.3 is 22.2 Å². The highest BCUT2D eigenvalue weighted by Crippen LogP contribution is 2.22. The van der Waals surface area contributed by atoms with Gasteiger partial charge in [0.2, 0.25) is 0 Å². The number of anilines is 1. The predicted octanol–water partition coefficient (Wildman–Crippen LogP) is 0.0442. The van der Waals surface area contributed by atoms with Crippen LogP contribution in [-0.4, -0.2) is 36.6 Å². The third kappa shape index (κ3) is 5.05. The summed E-state index contributed by atoms with van der Waals surface area (Å²) in [6, 6.07) is 4.18. The van der Waals surface area contributed by atoms with E-state index in [1.54, 1.807) is 0 Å². The van der Waals surface area contributed by atoms with Gasteiger partial charge in [-0.25, -0.2) is 0 Å². The lowest BCUT2D eigenvalue weighted by Gasteiger charge is -2.34. The second kappa shape index (κ2) is 8.82. The average molecular weight is 323 g/mol. The van der Waals surface area contributed by atoms with Crippen LogP contribution in [0.1, 0.15) is 30.5 Å². The van der Waals surface area contributed by atoms with Crippen molar-refractivity contribution in [3.8, 4) is 12.3 Å². The molecule has 1 rings (SSSR count). The number of carbonyl (C=O) groups is 1. The second-order valence-electron chi connectivity index (χ2n) is 5.82. The lowest BCUT2D eigenvalue weighted by atomic mass is 10.1. The van der Waals surface area contributed by atoms with E-state index in [4.69, 9.17) is 6.42 Å². The largest absolute Gasteiger partial charge is 1.00 e. The molecule has 1 aromatic rings. The van der Waals surface area contributed by atoms with Crippen LogP contribution in [0.4, 0.5) is 5.69 Å². The van der Waals surface area contributed by atoms with Crippen molar-refractivity contribution in [3.63, 3.8) is 0 Å². The molecule has 0 saturated carbocycles. The minimum Gasteiger partial charge on any atom is -1.00 e. The van der Waals surface area contributed by atoms with Crippen LogP contribution >= 0.6 is 0 Å². The average Bonchev–Trinajstić information content (AvgIpc) is 2.42. The first kappa shape index (κ1) is 20.5. The van der Waals surface area contributed by atoms with Crippen LogP contribution in [0.15, 0.2) is 12.1 Å². The van der Waals surface area contributed by atoms with E-state index in [1.165, 1.54) is 5.56 Å². The quantitative estimate of drug-likeness (QED) is 0.582. The normalized spacial score (nSPS) is 10.5. The van der Waals surface area contributed by atoms with E-state index >= 15 is 0 Å². The number of nitrogens with one attached hydrogen (secondary N) is 1. The summed E-state index contributed by atoms with van der Waals surface area (Å²) in [4.78, 5) is 12.4. The maximum Gasteiger partial charge on any atom is 0.279 e. The molecule has 0 unspecified atom stereocenters. The first-order valence-corrected chi connectivity index (χ1v) is 7.53. The summed E-state index contributed by atoms with van der Waals surface area (Å²) >= 11 is 0. The van der Waals surface area contributed by atoms with Gasteiger partial charge in [-0.1, -0.05) is 17.7 Å². The van der Waals surface area contributed by atoms with E-state index in [0.717, 1.165) is 29.9 Å². The number of benzene rings is 1. The van der Waals surface area contributed by atoms with Gasteiger partial charge in [-0.15, -0.1) is 6.42 Å².